The maximum absolute atomic E-state index is 5.13. The Labute approximate surface area is 311 Å². The smallest absolute Gasteiger partial charge is 0.160 e. The molecule has 8 aromatic carbocycles. The van der Waals surface area contributed by atoms with E-state index in [1.807, 2.05) is 12.1 Å². The second kappa shape index (κ2) is 12.1. The molecule has 0 bridgehead atoms. The fourth-order valence-corrected chi connectivity index (χ4v) is 8.22. The van der Waals surface area contributed by atoms with Crippen LogP contribution < -0.4 is 0 Å². The number of nitrogens with zero attached hydrogens (tertiary/aromatic N) is 4. The Balaban J connectivity index is 1.16. The van der Waals surface area contributed by atoms with Gasteiger partial charge in [-0.25, -0.2) is 9.97 Å². The first-order valence-corrected chi connectivity index (χ1v) is 18.3. The van der Waals surface area contributed by atoms with Crippen LogP contribution in [0.1, 0.15) is 0 Å². The Morgan fingerprint density at radius 1 is 0.315 bits per heavy atom. The standard InChI is InChI=1S/C50H32N4/c1-4-14-34(15-5-1)44-32-45(35-16-6-2-7-17-35)52-50(51-44)36-25-24-33-26-27-39(31-37(33)30-36)54-47-23-13-11-21-41(47)43-29-28-42-40-20-10-12-22-46(40)53(48(42)49(43)54)38-18-8-3-9-19-38/h1-32H. The van der Waals surface area contributed by atoms with E-state index in [1.165, 1.54) is 43.6 Å². The molecule has 0 saturated carbocycles. The van der Waals surface area contributed by atoms with Crippen molar-refractivity contribution in [3.05, 3.63) is 194 Å². The summed E-state index contributed by atoms with van der Waals surface area (Å²) in [7, 11) is 0. The number of aromatic nitrogens is 4. The van der Waals surface area contributed by atoms with Gasteiger partial charge >= 0.3 is 0 Å². The third-order valence-electron chi connectivity index (χ3n) is 10.7. The quantitative estimate of drug-likeness (QED) is 0.180. The number of hydrogen-bond acceptors (Lipinski definition) is 2. The van der Waals surface area contributed by atoms with E-state index < -0.39 is 0 Å². The van der Waals surface area contributed by atoms with Gasteiger partial charge in [-0.05, 0) is 59.3 Å². The van der Waals surface area contributed by atoms with Crippen molar-refractivity contribution >= 4 is 54.4 Å². The van der Waals surface area contributed by atoms with Crippen molar-refractivity contribution in [2.24, 2.45) is 0 Å². The highest BCUT2D eigenvalue weighted by Gasteiger charge is 2.21. The summed E-state index contributed by atoms with van der Waals surface area (Å²) < 4.78 is 4.89. The number of para-hydroxylation sites is 3. The second-order valence-electron chi connectivity index (χ2n) is 13.8. The van der Waals surface area contributed by atoms with Crippen LogP contribution in [0.3, 0.4) is 0 Å². The molecule has 11 aromatic rings. The molecule has 0 atom stereocenters. The summed E-state index contributed by atoms with van der Waals surface area (Å²) in [6, 6.07) is 69.0. The monoisotopic (exact) mass is 688 g/mol. The molecule has 0 N–H and O–H groups in total. The van der Waals surface area contributed by atoms with Gasteiger partial charge in [0.1, 0.15) is 0 Å². The van der Waals surface area contributed by atoms with Crippen LogP contribution in [0.4, 0.5) is 0 Å². The summed E-state index contributed by atoms with van der Waals surface area (Å²) in [5.74, 6) is 0.702. The summed E-state index contributed by atoms with van der Waals surface area (Å²) in [5, 5.41) is 7.22. The predicted octanol–water partition coefficient (Wildman–Crippen LogP) is 12.8. The summed E-state index contributed by atoms with van der Waals surface area (Å²) >= 11 is 0. The summed E-state index contributed by atoms with van der Waals surface area (Å²) in [6.07, 6.45) is 0. The van der Waals surface area contributed by atoms with Crippen LogP contribution in [-0.4, -0.2) is 19.1 Å². The van der Waals surface area contributed by atoms with Crippen LogP contribution in [0.5, 0.6) is 0 Å². The van der Waals surface area contributed by atoms with E-state index in [1.54, 1.807) is 0 Å². The first-order valence-electron chi connectivity index (χ1n) is 18.3. The van der Waals surface area contributed by atoms with Crippen molar-refractivity contribution in [3.8, 4) is 45.3 Å². The Bertz CT molecular complexity index is 3140. The average Bonchev–Trinajstić information content (AvgIpc) is 3.77. The summed E-state index contributed by atoms with van der Waals surface area (Å²) in [5.41, 5.74) is 11.9. The van der Waals surface area contributed by atoms with E-state index in [-0.39, 0.29) is 0 Å². The van der Waals surface area contributed by atoms with Gasteiger partial charge in [-0.15, -0.1) is 0 Å². The molecule has 3 aromatic heterocycles. The first-order chi connectivity index (χ1) is 26.8. The van der Waals surface area contributed by atoms with Gasteiger partial charge in [0.2, 0.25) is 0 Å². The van der Waals surface area contributed by atoms with Gasteiger partial charge in [0.15, 0.2) is 5.82 Å². The molecule has 0 aliphatic carbocycles. The van der Waals surface area contributed by atoms with Crippen molar-refractivity contribution in [3.63, 3.8) is 0 Å². The van der Waals surface area contributed by atoms with Crippen LogP contribution in [-0.2, 0) is 0 Å². The van der Waals surface area contributed by atoms with Gasteiger partial charge in [-0.2, -0.15) is 0 Å². The number of benzene rings is 8. The molecule has 0 unspecified atom stereocenters. The van der Waals surface area contributed by atoms with E-state index in [9.17, 15) is 0 Å². The molecular weight excluding hydrogens is 657 g/mol. The molecule has 0 amide bonds. The number of hydrogen-bond donors (Lipinski definition) is 0. The maximum atomic E-state index is 5.13. The molecule has 0 radical (unpaired) electrons. The lowest BCUT2D eigenvalue weighted by Crippen LogP contribution is -1.99. The summed E-state index contributed by atoms with van der Waals surface area (Å²) in [6.45, 7) is 0. The molecule has 0 aliphatic heterocycles. The molecular formula is C50H32N4. The van der Waals surface area contributed by atoms with Crippen LogP contribution >= 0.6 is 0 Å². The topological polar surface area (TPSA) is 35.6 Å². The number of rotatable bonds is 5. The van der Waals surface area contributed by atoms with Gasteiger partial charge in [-0.1, -0.05) is 146 Å². The normalized spacial score (nSPS) is 11.7. The molecule has 0 saturated heterocycles. The molecule has 252 valence electrons. The molecule has 3 heterocycles. The van der Waals surface area contributed by atoms with Crippen molar-refractivity contribution in [1.82, 2.24) is 19.1 Å². The SMILES string of the molecule is c1ccc(-c2cc(-c3ccccc3)nc(-c3ccc4ccc(-n5c6ccccc6c6ccc7c8ccccc8n(-c8ccccc8)c7c65)cc4c3)n2)cc1. The predicted molar refractivity (Wildman–Crippen MR) is 225 cm³/mol. The van der Waals surface area contributed by atoms with Gasteiger partial charge in [0, 0.05) is 49.6 Å². The highest BCUT2D eigenvalue weighted by Crippen LogP contribution is 2.42. The van der Waals surface area contributed by atoms with E-state index >= 15 is 0 Å². The highest BCUT2D eigenvalue weighted by atomic mass is 15.0. The molecule has 4 nitrogen and oxygen atoms in total. The minimum Gasteiger partial charge on any atom is -0.307 e. The Kier molecular flexibility index (Phi) is 6.82. The van der Waals surface area contributed by atoms with Crippen LogP contribution in [0, 0.1) is 0 Å². The summed E-state index contributed by atoms with van der Waals surface area (Å²) in [4.78, 5) is 10.3. The molecule has 0 fully saturated rings. The van der Waals surface area contributed by atoms with Crippen LogP contribution in [0.15, 0.2) is 194 Å². The van der Waals surface area contributed by atoms with E-state index in [0.717, 1.165) is 50.2 Å². The van der Waals surface area contributed by atoms with E-state index in [0.29, 0.717) is 5.82 Å². The third kappa shape index (κ3) is 4.78. The van der Waals surface area contributed by atoms with Gasteiger partial charge in [0.25, 0.3) is 0 Å². The lowest BCUT2D eigenvalue weighted by atomic mass is 10.0. The zero-order chi connectivity index (χ0) is 35.6. The van der Waals surface area contributed by atoms with Crippen molar-refractivity contribution < 1.29 is 0 Å². The van der Waals surface area contributed by atoms with Crippen molar-refractivity contribution in [2.45, 2.75) is 0 Å². The fraction of sp³-hybridized carbons (Fsp3) is 0. The zero-order valence-electron chi connectivity index (χ0n) is 29.3. The maximum Gasteiger partial charge on any atom is 0.160 e. The Hall–Kier alpha value is -7.30. The first kappa shape index (κ1) is 30.3. The lowest BCUT2D eigenvalue weighted by Gasteiger charge is -2.14. The zero-order valence-corrected chi connectivity index (χ0v) is 29.3. The minimum absolute atomic E-state index is 0.702. The molecule has 0 spiro atoms. The van der Waals surface area contributed by atoms with Crippen molar-refractivity contribution in [1.29, 1.82) is 0 Å². The Morgan fingerprint density at radius 3 is 1.41 bits per heavy atom. The lowest BCUT2D eigenvalue weighted by molar-refractivity contribution is 1.15. The Morgan fingerprint density at radius 2 is 0.815 bits per heavy atom. The fourth-order valence-electron chi connectivity index (χ4n) is 8.22. The minimum atomic E-state index is 0.702. The average molecular weight is 689 g/mol. The largest absolute Gasteiger partial charge is 0.307 e. The number of fused-ring (bicyclic) bond motifs is 8. The molecule has 11 rings (SSSR count). The molecule has 0 aliphatic rings. The van der Waals surface area contributed by atoms with Crippen LogP contribution in [0.2, 0.25) is 0 Å². The molecule has 4 heteroatoms. The highest BCUT2D eigenvalue weighted by molar-refractivity contribution is 6.23. The van der Waals surface area contributed by atoms with Gasteiger partial charge in [0.05, 0.1) is 33.5 Å². The van der Waals surface area contributed by atoms with Gasteiger partial charge < -0.3 is 9.13 Å². The van der Waals surface area contributed by atoms with E-state index in [2.05, 4.69) is 191 Å². The molecule has 54 heavy (non-hydrogen) atoms. The second-order valence-corrected chi connectivity index (χ2v) is 13.8. The van der Waals surface area contributed by atoms with Gasteiger partial charge in [-0.3, -0.25) is 0 Å². The van der Waals surface area contributed by atoms with E-state index in [4.69, 9.17) is 9.97 Å². The third-order valence-corrected chi connectivity index (χ3v) is 10.7. The van der Waals surface area contributed by atoms with Crippen molar-refractivity contribution in [2.75, 3.05) is 0 Å². The van der Waals surface area contributed by atoms with Crippen LogP contribution in [0.25, 0.3) is 99.7 Å².